The number of carbonyl (C=O) groups is 3. The zero-order chi connectivity index (χ0) is 27.9. The Morgan fingerprint density at radius 3 is 2.47 bits per heavy atom. The minimum atomic E-state index is -0.833. The second kappa shape index (κ2) is 10.9. The van der Waals surface area contributed by atoms with E-state index in [0.717, 1.165) is 23.2 Å². The number of benzene rings is 1. The van der Waals surface area contributed by atoms with Gasteiger partial charge in [0, 0.05) is 17.5 Å². The first-order valence-electron chi connectivity index (χ1n) is 13.4. The molecular formula is C30H40N2O5S. The van der Waals surface area contributed by atoms with Gasteiger partial charge in [0.1, 0.15) is 12.6 Å². The Balaban J connectivity index is 1.89. The number of fused-ring (bicyclic) bond motifs is 1. The van der Waals surface area contributed by atoms with E-state index in [2.05, 4.69) is 20.1 Å². The van der Waals surface area contributed by atoms with Crippen molar-refractivity contribution in [1.29, 1.82) is 0 Å². The Labute approximate surface area is 230 Å². The van der Waals surface area contributed by atoms with Crippen molar-refractivity contribution >= 4 is 35.2 Å². The Morgan fingerprint density at radius 2 is 1.92 bits per heavy atom. The summed E-state index contributed by atoms with van der Waals surface area (Å²) in [6.07, 6.45) is 3.93. The van der Waals surface area contributed by atoms with E-state index >= 15 is 0 Å². The van der Waals surface area contributed by atoms with Crippen molar-refractivity contribution in [1.82, 2.24) is 4.90 Å². The summed E-state index contributed by atoms with van der Waals surface area (Å²) in [6.45, 7) is 17.5. The van der Waals surface area contributed by atoms with Crippen molar-refractivity contribution in [3.05, 3.63) is 54.6 Å². The summed E-state index contributed by atoms with van der Waals surface area (Å²) in [7, 11) is 0. The molecule has 2 amide bonds. The average molecular weight is 541 g/mol. The molecule has 3 unspecified atom stereocenters. The molecule has 7 nitrogen and oxygen atoms in total. The molecule has 0 saturated carbocycles. The van der Waals surface area contributed by atoms with Crippen molar-refractivity contribution in [2.45, 2.75) is 63.1 Å². The molecule has 3 aliphatic rings. The molecule has 3 aliphatic heterocycles. The number of thioether (sulfide) groups is 1. The summed E-state index contributed by atoms with van der Waals surface area (Å²) in [5.41, 5.74) is 2.71. The number of ether oxygens (including phenoxy) is 1. The van der Waals surface area contributed by atoms with Gasteiger partial charge in [0.25, 0.3) is 5.91 Å². The molecule has 8 heteroatoms. The Hall–Kier alpha value is -2.58. The maximum atomic E-state index is 14.8. The molecule has 0 aromatic heterocycles. The summed E-state index contributed by atoms with van der Waals surface area (Å²) in [5, 5.41) is 10.4. The average Bonchev–Trinajstić information content (AvgIpc) is 3.46. The fourth-order valence-electron chi connectivity index (χ4n) is 7.02. The number of hydrogen-bond donors (Lipinski definition) is 1. The molecule has 7 atom stereocenters. The first-order valence-corrected chi connectivity index (χ1v) is 14.3. The topological polar surface area (TPSA) is 87.2 Å². The van der Waals surface area contributed by atoms with Crippen molar-refractivity contribution in [2.24, 2.45) is 23.7 Å². The summed E-state index contributed by atoms with van der Waals surface area (Å²) in [5.74, 6) is -2.25. The van der Waals surface area contributed by atoms with Crippen LogP contribution in [0.5, 0.6) is 0 Å². The minimum absolute atomic E-state index is 0.0175. The number of rotatable bonds is 10. The van der Waals surface area contributed by atoms with Crippen LogP contribution in [0.2, 0.25) is 0 Å². The smallest absolute Gasteiger partial charge is 0.311 e. The van der Waals surface area contributed by atoms with Gasteiger partial charge in [0.05, 0.1) is 29.2 Å². The molecule has 3 fully saturated rings. The third-order valence-electron chi connectivity index (χ3n) is 8.63. The van der Waals surface area contributed by atoms with E-state index in [4.69, 9.17) is 4.74 Å². The van der Waals surface area contributed by atoms with E-state index in [9.17, 15) is 19.5 Å². The zero-order valence-electron chi connectivity index (χ0n) is 23.1. The Kier molecular flexibility index (Phi) is 8.15. The fourth-order valence-corrected chi connectivity index (χ4v) is 9.41. The van der Waals surface area contributed by atoms with Crippen LogP contribution < -0.4 is 4.90 Å². The van der Waals surface area contributed by atoms with Crippen LogP contribution in [0.15, 0.2) is 43.5 Å². The van der Waals surface area contributed by atoms with E-state index < -0.39 is 34.6 Å². The molecule has 1 aromatic rings. The zero-order valence-corrected chi connectivity index (χ0v) is 23.9. The number of carbonyl (C=O) groups excluding carboxylic acids is 3. The highest BCUT2D eigenvalue weighted by Gasteiger charge is 2.77. The lowest BCUT2D eigenvalue weighted by molar-refractivity contribution is -0.154. The second-order valence-corrected chi connectivity index (χ2v) is 12.7. The molecule has 206 valence electrons. The number of nitrogens with zero attached hydrogens (tertiary/aromatic N) is 2. The first kappa shape index (κ1) is 28.4. The van der Waals surface area contributed by atoms with Crippen LogP contribution in [0.1, 0.15) is 38.3 Å². The molecule has 3 heterocycles. The van der Waals surface area contributed by atoms with Crippen LogP contribution in [0.25, 0.3) is 0 Å². The van der Waals surface area contributed by atoms with E-state index in [1.165, 1.54) is 6.08 Å². The third kappa shape index (κ3) is 4.20. The molecule has 4 rings (SSSR count). The normalized spacial score (nSPS) is 30.3. The minimum Gasteiger partial charge on any atom is -0.461 e. The highest BCUT2D eigenvalue weighted by atomic mass is 32.2. The first-order chi connectivity index (χ1) is 18.1. The van der Waals surface area contributed by atoms with Crippen LogP contribution in [-0.2, 0) is 19.1 Å². The molecule has 1 spiro atoms. The summed E-state index contributed by atoms with van der Waals surface area (Å²) in [6, 6.07) is 4.51. The molecule has 0 aliphatic carbocycles. The number of aliphatic hydroxyl groups excluding tert-OH is 1. The predicted octanol–water partition coefficient (Wildman–Crippen LogP) is 3.91. The molecule has 2 bridgehead atoms. The molecule has 1 N–H and O–H groups in total. The summed E-state index contributed by atoms with van der Waals surface area (Å²) >= 11 is 1.61. The Bertz CT molecular complexity index is 1120. The van der Waals surface area contributed by atoms with E-state index in [1.54, 1.807) is 27.6 Å². The summed E-state index contributed by atoms with van der Waals surface area (Å²) in [4.78, 5) is 45.8. The number of esters is 1. The lowest BCUT2D eigenvalue weighted by atomic mass is 9.66. The number of aliphatic hydroxyl groups is 1. The lowest BCUT2D eigenvalue weighted by Gasteiger charge is -2.43. The maximum Gasteiger partial charge on any atom is 0.311 e. The second-order valence-electron chi connectivity index (χ2n) is 11.2. The van der Waals surface area contributed by atoms with Gasteiger partial charge in [-0.15, -0.1) is 18.3 Å². The van der Waals surface area contributed by atoms with E-state index in [0.29, 0.717) is 0 Å². The standard InChI is InChI=1S/C30H40N2O5S/c1-8-13-31(25-18(5)11-10-12-19(25)6)28(35)26-30-20(7)15-22(38-30)23(29(36)37-14-9-2)24(30)27(34)32(26)21(16-33)17(3)4/h8-12,17,20-24,26,33H,1-2,13-16H2,3-7H3/t20?,21-,22-,23+,24-,26?,30?/m0/s1. The van der Waals surface area contributed by atoms with Crippen molar-refractivity contribution in [2.75, 3.05) is 24.7 Å². The molecule has 38 heavy (non-hydrogen) atoms. The fraction of sp³-hybridized carbons (Fsp3) is 0.567. The predicted molar refractivity (Wildman–Crippen MR) is 151 cm³/mol. The highest BCUT2D eigenvalue weighted by molar-refractivity contribution is 8.02. The van der Waals surface area contributed by atoms with Crippen molar-refractivity contribution in [3.8, 4) is 0 Å². The SMILES string of the molecule is C=CCOC(=O)[C@@H]1[C@@H]2CC(C)C3(S2)C(C(=O)N(CC=C)c2c(C)cccc2C)N([C@@H](CO)C(C)C)C(=O)[C@H]13. The number of hydrogen-bond acceptors (Lipinski definition) is 6. The third-order valence-corrected chi connectivity index (χ3v) is 10.7. The van der Waals surface area contributed by atoms with Crippen LogP contribution in [-0.4, -0.2) is 69.6 Å². The molecular weight excluding hydrogens is 500 g/mol. The number of para-hydroxylation sites is 1. The van der Waals surface area contributed by atoms with Crippen LogP contribution in [0, 0.1) is 37.5 Å². The van der Waals surface area contributed by atoms with Gasteiger partial charge >= 0.3 is 5.97 Å². The van der Waals surface area contributed by atoms with Crippen LogP contribution in [0.3, 0.4) is 0 Å². The summed E-state index contributed by atoms with van der Waals surface area (Å²) < 4.78 is 4.67. The Morgan fingerprint density at radius 1 is 1.26 bits per heavy atom. The molecule has 0 radical (unpaired) electrons. The van der Waals surface area contributed by atoms with Crippen molar-refractivity contribution < 1.29 is 24.2 Å². The van der Waals surface area contributed by atoms with Gasteiger partial charge < -0.3 is 19.6 Å². The van der Waals surface area contributed by atoms with Gasteiger partial charge in [-0.2, -0.15) is 0 Å². The van der Waals surface area contributed by atoms with Gasteiger partial charge in [0.2, 0.25) is 5.91 Å². The van der Waals surface area contributed by atoms with Gasteiger partial charge in [-0.1, -0.05) is 57.7 Å². The van der Waals surface area contributed by atoms with E-state index in [-0.39, 0.29) is 48.7 Å². The molecule has 3 saturated heterocycles. The monoisotopic (exact) mass is 540 g/mol. The molecule has 1 aromatic carbocycles. The van der Waals surface area contributed by atoms with E-state index in [1.807, 2.05) is 45.9 Å². The maximum absolute atomic E-state index is 14.8. The van der Waals surface area contributed by atoms with Gasteiger partial charge in [-0.3, -0.25) is 14.4 Å². The number of likely N-dealkylation sites (tertiary alicyclic amines) is 1. The van der Waals surface area contributed by atoms with Gasteiger partial charge in [-0.05, 0) is 43.2 Å². The highest BCUT2D eigenvalue weighted by Crippen LogP contribution is 2.69. The van der Waals surface area contributed by atoms with Crippen LogP contribution in [0.4, 0.5) is 5.69 Å². The lowest BCUT2D eigenvalue weighted by Crippen LogP contribution is -2.60. The number of anilines is 1. The quantitative estimate of drug-likeness (QED) is 0.358. The number of amides is 2. The van der Waals surface area contributed by atoms with Gasteiger partial charge in [0.15, 0.2) is 0 Å². The largest absolute Gasteiger partial charge is 0.461 e. The van der Waals surface area contributed by atoms with Gasteiger partial charge in [-0.25, -0.2) is 0 Å². The van der Waals surface area contributed by atoms with Crippen molar-refractivity contribution in [3.63, 3.8) is 0 Å². The number of aryl methyl sites for hydroxylation is 2. The van der Waals surface area contributed by atoms with Crippen LogP contribution >= 0.6 is 11.8 Å².